The molecule has 1 amide bonds. The van der Waals surface area contributed by atoms with E-state index in [-0.39, 0.29) is 30.2 Å². The molecule has 1 atom stereocenters. The third-order valence-electron chi connectivity index (χ3n) is 4.15. The van der Waals surface area contributed by atoms with Crippen molar-refractivity contribution in [1.82, 2.24) is 15.1 Å². The molecular formula is C20H19F2N3O2. The lowest BCUT2D eigenvalue weighted by atomic mass is 10.1. The minimum atomic E-state index is -0.367. The van der Waals surface area contributed by atoms with Crippen LogP contribution >= 0.6 is 0 Å². The number of amides is 1. The van der Waals surface area contributed by atoms with E-state index in [4.69, 9.17) is 4.74 Å². The van der Waals surface area contributed by atoms with E-state index in [0.29, 0.717) is 5.75 Å². The van der Waals surface area contributed by atoms with Gasteiger partial charge in [0.25, 0.3) is 5.91 Å². The first-order chi connectivity index (χ1) is 12.9. The predicted octanol–water partition coefficient (Wildman–Crippen LogP) is 3.72. The van der Waals surface area contributed by atoms with Crippen LogP contribution in [-0.4, -0.2) is 22.3 Å². The molecule has 3 aromatic rings. The van der Waals surface area contributed by atoms with Crippen LogP contribution in [0.3, 0.4) is 0 Å². The Kier molecular flexibility index (Phi) is 5.49. The quantitative estimate of drug-likeness (QED) is 0.719. The minimum Gasteiger partial charge on any atom is -0.484 e. The molecule has 140 valence electrons. The number of hydrogen-bond donors (Lipinski definition) is 1. The number of halogens is 2. The molecule has 0 spiro atoms. The van der Waals surface area contributed by atoms with Crippen molar-refractivity contribution in [3.8, 4) is 11.4 Å². The molecule has 27 heavy (non-hydrogen) atoms. The van der Waals surface area contributed by atoms with E-state index >= 15 is 0 Å². The number of ether oxygens (including phenoxy) is 1. The molecule has 0 saturated carbocycles. The van der Waals surface area contributed by atoms with Gasteiger partial charge in [-0.15, -0.1) is 0 Å². The van der Waals surface area contributed by atoms with Gasteiger partial charge in [-0.2, -0.15) is 5.10 Å². The maximum absolute atomic E-state index is 13.1. The monoisotopic (exact) mass is 371 g/mol. The van der Waals surface area contributed by atoms with Crippen LogP contribution in [0.5, 0.6) is 5.75 Å². The zero-order chi connectivity index (χ0) is 19.4. The van der Waals surface area contributed by atoms with E-state index in [1.807, 2.05) is 13.8 Å². The number of rotatable bonds is 6. The van der Waals surface area contributed by atoms with E-state index < -0.39 is 0 Å². The average molecular weight is 371 g/mol. The summed E-state index contributed by atoms with van der Waals surface area (Å²) in [6.07, 6.45) is 1.67. The molecule has 5 nitrogen and oxygen atoms in total. The van der Waals surface area contributed by atoms with Gasteiger partial charge < -0.3 is 10.1 Å². The van der Waals surface area contributed by atoms with Gasteiger partial charge >= 0.3 is 0 Å². The lowest BCUT2D eigenvalue weighted by Gasteiger charge is -2.14. The minimum absolute atomic E-state index is 0.179. The van der Waals surface area contributed by atoms with Crippen LogP contribution < -0.4 is 10.1 Å². The van der Waals surface area contributed by atoms with E-state index in [1.165, 1.54) is 36.4 Å². The van der Waals surface area contributed by atoms with Crippen molar-refractivity contribution in [1.29, 1.82) is 0 Å². The van der Waals surface area contributed by atoms with Crippen molar-refractivity contribution in [2.75, 3.05) is 6.61 Å². The van der Waals surface area contributed by atoms with Gasteiger partial charge in [0, 0.05) is 11.3 Å². The van der Waals surface area contributed by atoms with Crippen molar-refractivity contribution in [2.45, 2.75) is 19.9 Å². The fraction of sp³-hybridized carbons (Fsp3) is 0.200. The van der Waals surface area contributed by atoms with Gasteiger partial charge in [0.05, 0.1) is 17.9 Å². The Morgan fingerprint density at radius 3 is 2.33 bits per heavy atom. The molecular weight excluding hydrogens is 352 g/mol. The summed E-state index contributed by atoms with van der Waals surface area (Å²) in [6.45, 7) is 3.54. The average Bonchev–Trinajstić information content (AvgIpc) is 3.03. The lowest BCUT2D eigenvalue weighted by Crippen LogP contribution is -2.31. The predicted molar refractivity (Wildman–Crippen MR) is 96.7 cm³/mol. The topological polar surface area (TPSA) is 56.1 Å². The van der Waals surface area contributed by atoms with Crippen LogP contribution in [-0.2, 0) is 4.79 Å². The fourth-order valence-corrected chi connectivity index (χ4v) is 2.73. The molecule has 1 unspecified atom stereocenters. The molecule has 0 aliphatic carbocycles. The summed E-state index contributed by atoms with van der Waals surface area (Å²) >= 11 is 0. The van der Waals surface area contributed by atoms with Crippen molar-refractivity contribution < 1.29 is 18.3 Å². The number of nitrogens with zero attached hydrogens (tertiary/aromatic N) is 2. The summed E-state index contributed by atoms with van der Waals surface area (Å²) in [5, 5.41) is 7.16. The largest absolute Gasteiger partial charge is 0.484 e. The highest BCUT2D eigenvalue weighted by molar-refractivity contribution is 5.78. The summed E-state index contributed by atoms with van der Waals surface area (Å²) < 4.78 is 33.0. The Balaban J connectivity index is 1.62. The fourth-order valence-electron chi connectivity index (χ4n) is 2.73. The van der Waals surface area contributed by atoms with Crippen LogP contribution in [0.15, 0.2) is 54.7 Å². The van der Waals surface area contributed by atoms with Gasteiger partial charge in [-0.1, -0.05) is 0 Å². The zero-order valence-electron chi connectivity index (χ0n) is 14.9. The third-order valence-corrected chi connectivity index (χ3v) is 4.15. The highest BCUT2D eigenvalue weighted by atomic mass is 19.1. The number of carbonyl (C=O) groups excluding carboxylic acids is 1. The van der Waals surface area contributed by atoms with E-state index in [1.54, 1.807) is 23.0 Å². The van der Waals surface area contributed by atoms with Crippen LogP contribution in [0.2, 0.25) is 0 Å². The third kappa shape index (κ3) is 4.49. The lowest BCUT2D eigenvalue weighted by molar-refractivity contribution is -0.123. The Bertz CT molecular complexity index is 921. The summed E-state index contributed by atoms with van der Waals surface area (Å²) in [7, 11) is 0. The number of carbonyl (C=O) groups is 1. The van der Waals surface area contributed by atoms with Crippen LogP contribution in [0.25, 0.3) is 5.69 Å². The standard InChI is InChI=1S/C20H19F2N3O2/c1-13(24-20(26)12-27-18-9-5-16(22)6-10-18)19-11-23-25(14(19)2)17-7-3-15(21)4-8-17/h3-11,13H,12H2,1-2H3,(H,24,26). The van der Waals surface area contributed by atoms with Crippen LogP contribution in [0.1, 0.15) is 24.2 Å². The Morgan fingerprint density at radius 1 is 1.11 bits per heavy atom. The zero-order valence-corrected chi connectivity index (χ0v) is 14.9. The Hall–Kier alpha value is -3.22. The summed E-state index contributed by atoms with van der Waals surface area (Å²) in [5.74, 6) is -0.570. The molecule has 2 aromatic carbocycles. The summed E-state index contributed by atoms with van der Waals surface area (Å²) in [6, 6.07) is 11.2. The smallest absolute Gasteiger partial charge is 0.258 e. The highest BCUT2D eigenvalue weighted by Gasteiger charge is 2.16. The molecule has 1 heterocycles. The van der Waals surface area contributed by atoms with Gasteiger partial charge in [-0.3, -0.25) is 4.79 Å². The first-order valence-electron chi connectivity index (χ1n) is 8.42. The second kappa shape index (κ2) is 7.99. The normalized spacial score (nSPS) is 11.9. The maximum atomic E-state index is 13.1. The van der Waals surface area contributed by atoms with Gasteiger partial charge in [0.15, 0.2) is 6.61 Å². The second-order valence-electron chi connectivity index (χ2n) is 6.11. The molecule has 0 radical (unpaired) electrons. The second-order valence-corrected chi connectivity index (χ2v) is 6.11. The van der Waals surface area contributed by atoms with Crippen molar-refractivity contribution in [3.05, 3.63) is 77.6 Å². The Morgan fingerprint density at radius 2 is 1.70 bits per heavy atom. The first kappa shape index (κ1) is 18.6. The molecule has 0 aliphatic heterocycles. The van der Waals surface area contributed by atoms with Gasteiger partial charge in [-0.05, 0) is 62.4 Å². The van der Waals surface area contributed by atoms with Crippen molar-refractivity contribution in [3.63, 3.8) is 0 Å². The SMILES string of the molecule is Cc1c(C(C)NC(=O)COc2ccc(F)cc2)cnn1-c1ccc(F)cc1. The van der Waals surface area contributed by atoms with E-state index in [9.17, 15) is 13.6 Å². The van der Waals surface area contributed by atoms with Crippen LogP contribution in [0, 0.1) is 18.6 Å². The molecule has 0 bridgehead atoms. The van der Waals surface area contributed by atoms with E-state index in [2.05, 4.69) is 10.4 Å². The highest BCUT2D eigenvalue weighted by Crippen LogP contribution is 2.20. The van der Waals surface area contributed by atoms with Gasteiger partial charge in [-0.25, -0.2) is 13.5 Å². The summed E-state index contributed by atoms with van der Waals surface area (Å²) in [4.78, 5) is 12.1. The number of aromatic nitrogens is 2. The van der Waals surface area contributed by atoms with Gasteiger partial charge in [0.1, 0.15) is 17.4 Å². The molecule has 1 N–H and O–H groups in total. The molecule has 3 rings (SSSR count). The van der Waals surface area contributed by atoms with Gasteiger partial charge in [0.2, 0.25) is 0 Å². The Labute approximate surface area is 155 Å². The molecule has 7 heteroatoms. The molecule has 0 fully saturated rings. The maximum Gasteiger partial charge on any atom is 0.258 e. The van der Waals surface area contributed by atoms with Crippen molar-refractivity contribution >= 4 is 5.91 Å². The molecule has 0 aliphatic rings. The molecule has 0 saturated heterocycles. The first-order valence-corrected chi connectivity index (χ1v) is 8.42. The van der Waals surface area contributed by atoms with Crippen molar-refractivity contribution in [2.24, 2.45) is 0 Å². The number of hydrogen-bond acceptors (Lipinski definition) is 3. The number of benzene rings is 2. The molecule has 1 aromatic heterocycles. The van der Waals surface area contributed by atoms with E-state index in [0.717, 1.165) is 16.9 Å². The van der Waals surface area contributed by atoms with Crippen LogP contribution in [0.4, 0.5) is 8.78 Å². The number of nitrogens with one attached hydrogen (secondary N) is 1. The summed E-state index contributed by atoms with van der Waals surface area (Å²) in [5.41, 5.74) is 2.42.